The number of nitrogens with zero attached hydrogens (tertiary/aromatic N) is 1. The maximum absolute atomic E-state index is 12.2. The molecule has 1 saturated heterocycles. The van der Waals surface area contributed by atoms with E-state index >= 15 is 0 Å². The normalized spacial score (nSPS) is 28.2. The van der Waals surface area contributed by atoms with E-state index in [1.807, 2.05) is 0 Å². The highest BCUT2D eigenvalue weighted by Crippen LogP contribution is 2.39. The summed E-state index contributed by atoms with van der Waals surface area (Å²) in [5.41, 5.74) is -0.844. The molecule has 0 spiro atoms. The maximum atomic E-state index is 12.2. The highest BCUT2D eigenvalue weighted by atomic mass is 16.6. The van der Waals surface area contributed by atoms with Crippen molar-refractivity contribution in [2.24, 2.45) is 0 Å². The van der Waals surface area contributed by atoms with Gasteiger partial charge in [-0.15, -0.1) is 4.48 Å². The fraction of sp³-hybridized carbons (Fsp3) is 0.750. The molecular weight excluding hydrogens is 238 g/mol. The summed E-state index contributed by atoms with van der Waals surface area (Å²) in [7, 11) is 0. The van der Waals surface area contributed by atoms with E-state index in [0.717, 1.165) is 0 Å². The number of hydrogen-bond donors (Lipinski definition) is 1. The molecular formula is C12H20NO5+. The molecule has 1 unspecified atom stereocenters. The van der Waals surface area contributed by atoms with Crippen molar-refractivity contribution in [1.82, 2.24) is 0 Å². The molecule has 1 rings (SSSR count). The molecule has 0 aromatic heterocycles. The molecule has 0 aliphatic carbocycles. The lowest BCUT2D eigenvalue weighted by atomic mass is 9.99. The lowest BCUT2D eigenvalue weighted by Gasteiger charge is -2.41. The van der Waals surface area contributed by atoms with Crippen molar-refractivity contribution in [2.75, 3.05) is 6.61 Å². The van der Waals surface area contributed by atoms with Gasteiger partial charge in [-0.05, 0) is 27.7 Å². The van der Waals surface area contributed by atoms with Crippen LogP contribution in [-0.2, 0) is 14.3 Å². The zero-order chi connectivity index (χ0) is 14.1. The van der Waals surface area contributed by atoms with E-state index in [2.05, 4.69) is 0 Å². The summed E-state index contributed by atoms with van der Waals surface area (Å²) in [6.07, 6.45) is -0.503. The Bertz CT molecular complexity index is 384. The number of likely N-dealkylation sites (tertiary alicyclic amines) is 1. The number of carbonyl (C=O) groups excluding carboxylic acids is 2. The standard InChI is InChI=1S/C12H19NO5/c1-5-18-11(17)13(12(2,3)4)8(10(15)16)6-7-9(13)14/h8H,5-7H2,1-4H3/p+1/t8-,13?/m0/s1. The Balaban J connectivity index is 3.38. The van der Waals surface area contributed by atoms with Crippen LogP contribution in [0.1, 0.15) is 40.5 Å². The summed E-state index contributed by atoms with van der Waals surface area (Å²) >= 11 is 0. The first-order valence-electron chi connectivity index (χ1n) is 6.02. The smallest absolute Gasteiger partial charge is 0.477 e. The molecule has 0 radical (unpaired) electrons. The van der Waals surface area contributed by atoms with Gasteiger partial charge in [0, 0.05) is 6.42 Å². The summed E-state index contributed by atoms with van der Waals surface area (Å²) in [5.74, 6) is -1.52. The van der Waals surface area contributed by atoms with E-state index in [-0.39, 0.29) is 25.4 Å². The molecule has 6 nitrogen and oxygen atoms in total. The third-order valence-corrected chi connectivity index (χ3v) is 3.39. The second kappa shape index (κ2) is 4.68. The molecule has 102 valence electrons. The van der Waals surface area contributed by atoms with Crippen LogP contribution in [0, 0.1) is 0 Å². The predicted molar refractivity (Wildman–Crippen MR) is 62.7 cm³/mol. The third-order valence-electron chi connectivity index (χ3n) is 3.39. The Morgan fingerprint density at radius 3 is 2.39 bits per heavy atom. The van der Waals surface area contributed by atoms with E-state index in [1.54, 1.807) is 27.7 Å². The molecule has 1 aliphatic rings. The molecule has 1 heterocycles. The summed E-state index contributed by atoms with van der Waals surface area (Å²) in [6, 6.07) is -1.06. The highest BCUT2D eigenvalue weighted by Gasteiger charge is 2.66. The molecule has 1 N–H and O–H groups in total. The van der Waals surface area contributed by atoms with Crippen LogP contribution in [-0.4, -0.2) is 45.7 Å². The molecule has 18 heavy (non-hydrogen) atoms. The zero-order valence-corrected chi connectivity index (χ0v) is 11.2. The third kappa shape index (κ3) is 1.90. The zero-order valence-electron chi connectivity index (χ0n) is 11.2. The molecule has 0 saturated carbocycles. The molecule has 0 aromatic rings. The maximum Gasteiger partial charge on any atom is 0.524 e. The van der Waals surface area contributed by atoms with Gasteiger partial charge >= 0.3 is 18.0 Å². The van der Waals surface area contributed by atoms with Crippen LogP contribution in [0.5, 0.6) is 0 Å². The molecule has 2 amide bonds. The van der Waals surface area contributed by atoms with Crippen molar-refractivity contribution in [3.63, 3.8) is 0 Å². The molecule has 0 bridgehead atoms. The largest absolute Gasteiger partial charge is 0.524 e. The number of carboxylic acids is 1. The average molecular weight is 258 g/mol. The van der Waals surface area contributed by atoms with Gasteiger partial charge in [-0.1, -0.05) is 0 Å². The van der Waals surface area contributed by atoms with E-state index in [0.29, 0.717) is 0 Å². The number of imide groups is 1. The monoisotopic (exact) mass is 258 g/mol. The van der Waals surface area contributed by atoms with Crippen molar-refractivity contribution in [3.05, 3.63) is 0 Å². The van der Waals surface area contributed by atoms with Crippen LogP contribution in [0.25, 0.3) is 0 Å². The minimum Gasteiger partial charge on any atom is -0.477 e. The van der Waals surface area contributed by atoms with Gasteiger partial charge in [0.05, 0.1) is 13.0 Å². The van der Waals surface area contributed by atoms with Gasteiger partial charge in [0.15, 0.2) is 0 Å². The second-order valence-electron chi connectivity index (χ2n) is 5.38. The Kier molecular flexibility index (Phi) is 3.81. The Hall–Kier alpha value is -1.43. The number of aliphatic carboxylic acids is 1. The van der Waals surface area contributed by atoms with Crippen molar-refractivity contribution in [1.29, 1.82) is 0 Å². The topological polar surface area (TPSA) is 80.7 Å². The Morgan fingerprint density at radius 1 is 1.44 bits per heavy atom. The summed E-state index contributed by atoms with van der Waals surface area (Å²) in [6.45, 7) is 6.80. The SMILES string of the molecule is CCOC(=O)[N+]1(C(C)(C)C)C(=O)CC[C@H]1C(=O)O. The van der Waals surface area contributed by atoms with Gasteiger partial charge in [-0.25, -0.2) is 9.59 Å². The predicted octanol–water partition coefficient (Wildman–Crippen LogP) is 1.53. The fourth-order valence-electron chi connectivity index (χ4n) is 2.66. The van der Waals surface area contributed by atoms with Gasteiger partial charge < -0.3 is 9.84 Å². The fourth-order valence-corrected chi connectivity index (χ4v) is 2.66. The number of ether oxygens (including phenoxy) is 1. The molecule has 2 atom stereocenters. The average Bonchev–Trinajstić information content (AvgIpc) is 2.56. The number of rotatable bonds is 2. The molecule has 1 fully saturated rings. The van der Waals surface area contributed by atoms with Gasteiger partial charge in [-0.3, -0.25) is 0 Å². The van der Waals surface area contributed by atoms with E-state index in [1.165, 1.54) is 0 Å². The lowest BCUT2D eigenvalue weighted by molar-refractivity contribution is -0.840. The molecule has 0 aromatic carbocycles. The number of carboxylic acid groups (broad SMARTS) is 1. The number of carbonyl (C=O) groups is 3. The summed E-state index contributed by atoms with van der Waals surface area (Å²) in [4.78, 5) is 35.7. The van der Waals surface area contributed by atoms with Gasteiger partial charge in [0.1, 0.15) is 5.54 Å². The highest BCUT2D eigenvalue weighted by molar-refractivity contribution is 5.89. The van der Waals surface area contributed by atoms with E-state index < -0.39 is 28.1 Å². The van der Waals surface area contributed by atoms with Crippen LogP contribution >= 0.6 is 0 Å². The first kappa shape index (κ1) is 14.6. The van der Waals surface area contributed by atoms with Crippen LogP contribution in [0.4, 0.5) is 4.79 Å². The first-order valence-corrected chi connectivity index (χ1v) is 6.02. The Morgan fingerprint density at radius 2 is 2.00 bits per heavy atom. The number of amides is 2. The minimum atomic E-state index is -1.14. The second-order valence-corrected chi connectivity index (χ2v) is 5.38. The van der Waals surface area contributed by atoms with Gasteiger partial charge in [0.2, 0.25) is 6.04 Å². The van der Waals surface area contributed by atoms with Crippen molar-refractivity contribution >= 4 is 18.0 Å². The lowest BCUT2D eigenvalue weighted by Crippen LogP contribution is -2.70. The molecule has 1 aliphatic heterocycles. The van der Waals surface area contributed by atoms with E-state index in [4.69, 9.17) is 4.74 Å². The van der Waals surface area contributed by atoms with Crippen LogP contribution in [0.3, 0.4) is 0 Å². The van der Waals surface area contributed by atoms with Gasteiger partial charge in [-0.2, -0.15) is 4.79 Å². The summed E-state index contributed by atoms with van der Waals surface area (Å²) < 4.78 is 4.20. The quantitative estimate of drug-likeness (QED) is 0.760. The van der Waals surface area contributed by atoms with Crippen LogP contribution in [0.15, 0.2) is 0 Å². The number of quaternary nitrogens is 1. The van der Waals surface area contributed by atoms with E-state index in [9.17, 15) is 19.5 Å². The first-order chi connectivity index (χ1) is 8.19. The minimum absolute atomic E-state index is 0.0903. The summed E-state index contributed by atoms with van der Waals surface area (Å²) in [5, 5.41) is 9.27. The van der Waals surface area contributed by atoms with Crippen molar-refractivity contribution < 1.29 is 28.7 Å². The number of hydrogen-bond acceptors (Lipinski definition) is 4. The van der Waals surface area contributed by atoms with Crippen molar-refractivity contribution in [3.8, 4) is 0 Å². The Labute approximate surface area is 106 Å². The van der Waals surface area contributed by atoms with Crippen molar-refractivity contribution in [2.45, 2.75) is 52.1 Å². The molecule has 6 heteroatoms. The van der Waals surface area contributed by atoms with Crippen LogP contribution < -0.4 is 0 Å². The van der Waals surface area contributed by atoms with Crippen LogP contribution in [0.2, 0.25) is 0 Å². The van der Waals surface area contributed by atoms with Gasteiger partial charge in [0.25, 0.3) is 0 Å².